The third-order valence-electron chi connectivity index (χ3n) is 4.46. The fourth-order valence-corrected chi connectivity index (χ4v) is 4.42. The van der Waals surface area contributed by atoms with Gasteiger partial charge in [0.15, 0.2) is 12.4 Å². The largest absolute Gasteiger partial charge is 0.483 e. The number of ether oxygens (including phenoxy) is 1. The van der Waals surface area contributed by atoms with E-state index in [1.54, 1.807) is 6.07 Å². The molecule has 1 aliphatic heterocycles. The Hall–Kier alpha value is -3.04. The van der Waals surface area contributed by atoms with Crippen LogP contribution in [0.15, 0.2) is 39.8 Å². The lowest BCUT2D eigenvalue weighted by atomic mass is 10.2. The maximum atomic E-state index is 12.6. The van der Waals surface area contributed by atoms with Crippen LogP contribution < -0.4 is 10.1 Å². The Morgan fingerprint density at radius 2 is 1.90 bits per heavy atom. The summed E-state index contributed by atoms with van der Waals surface area (Å²) in [5.74, 6) is -1.34. The van der Waals surface area contributed by atoms with Crippen molar-refractivity contribution in [3.8, 4) is 11.8 Å². The van der Waals surface area contributed by atoms with Gasteiger partial charge in [-0.15, -0.1) is 0 Å². The highest BCUT2D eigenvalue weighted by atomic mass is 32.2. The number of rotatable bonds is 6. The minimum atomic E-state index is -4.56. The molecule has 31 heavy (non-hydrogen) atoms. The van der Waals surface area contributed by atoms with Gasteiger partial charge in [-0.3, -0.25) is 4.79 Å². The third-order valence-corrected chi connectivity index (χ3v) is 6.24. The summed E-state index contributed by atoms with van der Waals surface area (Å²) in [5, 5.41) is 11.2. The predicted molar refractivity (Wildman–Crippen MR) is 102 cm³/mol. The predicted octanol–water partition coefficient (Wildman–Crippen LogP) is 3.52. The second-order valence-corrected chi connectivity index (χ2v) is 8.63. The lowest BCUT2D eigenvalue weighted by molar-refractivity contribution is -0.153. The Morgan fingerprint density at radius 1 is 1.19 bits per heavy atom. The average molecular weight is 457 g/mol. The Kier molecular flexibility index (Phi) is 6.56. The van der Waals surface area contributed by atoms with Crippen LogP contribution in [0.2, 0.25) is 0 Å². The van der Waals surface area contributed by atoms with Crippen molar-refractivity contribution in [3.63, 3.8) is 0 Å². The van der Waals surface area contributed by atoms with E-state index in [2.05, 4.69) is 10.1 Å². The zero-order valence-corrected chi connectivity index (χ0v) is 16.9. The maximum Gasteiger partial charge on any atom is 0.422 e. The molecule has 0 radical (unpaired) electrons. The van der Waals surface area contributed by atoms with E-state index >= 15 is 0 Å². The topological polar surface area (TPSA) is 113 Å². The number of nitriles is 1. The molecular formula is C19H18F3N3O5S. The van der Waals surface area contributed by atoms with Crippen molar-refractivity contribution in [2.24, 2.45) is 0 Å². The van der Waals surface area contributed by atoms with E-state index in [4.69, 9.17) is 9.68 Å². The smallest absolute Gasteiger partial charge is 0.422 e. The molecule has 0 saturated carbocycles. The fourth-order valence-electron chi connectivity index (χ4n) is 2.99. The van der Waals surface area contributed by atoms with Crippen LogP contribution in [-0.4, -0.2) is 44.5 Å². The molecule has 166 valence electrons. The Labute approximate surface area is 176 Å². The van der Waals surface area contributed by atoms with Gasteiger partial charge >= 0.3 is 6.18 Å². The Morgan fingerprint density at radius 3 is 2.55 bits per heavy atom. The van der Waals surface area contributed by atoms with Crippen molar-refractivity contribution in [1.82, 2.24) is 4.31 Å². The van der Waals surface area contributed by atoms with E-state index in [-0.39, 0.29) is 27.9 Å². The number of carbonyl (C=O) groups is 1. The first-order valence-electron chi connectivity index (χ1n) is 9.25. The number of nitrogens with zero attached hydrogens (tertiary/aromatic N) is 2. The maximum absolute atomic E-state index is 12.6. The van der Waals surface area contributed by atoms with Gasteiger partial charge in [-0.1, -0.05) is 6.42 Å². The molecule has 1 aromatic heterocycles. The standard InChI is InChI=1S/C19H18F3N3O5S/c20-19(21,22)12-29-15-5-4-14(10-13(15)11-23)24-18(26)16-6-7-17(30-16)31(27,28)25-8-2-1-3-9-25/h4-7,10H,1-3,8-9,12H2,(H,24,26). The van der Waals surface area contributed by atoms with Crippen LogP contribution in [0.5, 0.6) is 5.75 Å². The lowest BCUT2D eigenvalue weighted by Gasteiger charge is -2.24. The third kappa shape index (κ3) is 5.56. The van der Waals surface area contributed by atoms with E-state index in [9.17, 15) is 26.4 Å². The molecule has 0 atom stereocenters. The zero-order valence-electron chi connectivity index (χ0n) is 16.1. The molecule has 2 heterocycles. The number of alkyl halides is 3. The molecule has 3 rings (SSSR count). The first-order valence-corrected chi connectivity index (χ1v) is 10.7. The Bertz CT molecular complexity index is 1100. The summed E-state index contributed by atoms with van der Waals surface area (Å²) in [5.41, 5.74) is -0.118. The van der Waals surface area contributed by atoms with E-state index in [0.29, 0.717) is 13.1 Å². The van der Waals surface area contributed by atoms with Crippen LogP contribution in [0.4, 0.5) is 18.9 Å². The van der Waals surface area contributed by atoms with Gasteiger partial charge in [0.1, 0.15) is 11.8 Å². The molecule has 2 aromatic rings. The second kappa shape index (κ2) is 8.99. The molecule has 0 bridgehead atoms. The van der Waals surface area contributed by atoms with Crippen LogP contribution in [0.1, 0.15) is 35.4 Å². The van der Waals surface area contributed by atoms with E-state index in [1.165, 1.54) is 22.5 Å². The number of halogens is 3. The highest BCUT2D eigenvalue weighted by Crippen LogP contribution is 2.26. The summed E-state index contributed by atoms with van der Waals surface area (Å²) in [6.45, 7) is -0.803. The Balaban J connectivity index is 1.71. The summed E-state index contributed by atoms with van der Waals surface area (Å²) >= 11 is 0. The number of anilines is 1. The van der Waals surface area contributed by atoms with Gasteiger partial charge in [0.05, 0.1) is 5.56 Å². The van der Waals surface area contributed by atoms with Gasteiger partial charge in [-0.2, -0.15) is 22.7 Å². The first-order chi connectivity index (χ1) is 14.6. The first kappa shape index (κ1) is 22.6. The molecule has 8 nitrogen and oxygen atoms in total. The minimum Gasteiger partial charge on any atom is -0.483 e. The summed E-state index contributed by atoms with van der Waals surface area (Å²) in [4.78, 5) is 12.4. The van der Waals surface area contributed by atoms with Crippen molar-refractivity contribution in [3.05, 3.63) is 41.7 Å². The average Bonchev–Trinajstić information content (AvgIpc) is 3.24. The molecule has 1 aromatic carbocycles. The van der Waals surface area contributed by atoms with Crippen LogP contribution in [-0.2, 0) is 10.0 Å². The van der Waals surface area contributed by atoms with Crippen LogP contribution in [0.3, 0.4) is 0 Å². The zero-order chi connectivity index (χ0) is 22.6. The van der Waals surface area contributed by atoms with Crippen molar-refractivity contribution < 1.29 is 35.5 Å². The normalized spacial score (nSPS) is 15.3. The highest BCUT2D eigenvalue weighted by molar-refractivity contribution is 7.89. The molecule has 1 fully saturated rings. The van der Waals surface area contributed by atoms with Crippen molar-refractivity contribution >= 4 is 21.6 Å². The summed E-state index contributed by atoms with van der Waals surface area (Å²) in [7, 11) is -3.85. The van der Waals surface area contributed by atoms with E-state index < -0.39 is 28.7 Å². The molecule has 0 spiro atoms. The number of carbonyl (C=O) groups excluding carboxylic acids is 1. The molecule has 1 aliphatic rings. The van der Waals surface area contributed by atoms with Gasteiger partial charge in [-0.25, -0.2) is 8.42 Å². The van der Waals surface area contributed by atoms with Crippen LogP contribution >= 0.6 is 0 Å². The number of piperidine rings is 1. The molecule has 0 unspecified atom stereocenters. The van der Waals surface area contributed by atoms with Crippen LogP contribution in [0.25, 0.3) is 0 Å². The summed E-state index contributed by atoms with van der Waals surface area (Å²) in [6.07, 6.45) is -2.12. The van der Waals surface area contributed by atoms with E-state index in [0.717, 1.165) is 31.4 Å². The molecule has 0 aliphatic carbocycles. The number of hydrogen-bond acceptors (Lipinski definition) is 6. The van der Waals surface area contributed by atoms with E-state index in [1.807, 2.05) is 0 Å². The van der Waals surface area contributed by atoms with Crippen LogP contribution in [0, 0.1) is 11.3 Å². The number of nitrogens with one attached hydrogen (secondary N) is 1. The van der Waals surface area contributed by atoms with Crippen molar-refractivity contribution in [2.45, 2.75) is 30.5 Å². The van der Waals surface area contributed by atoms with Gasteiger partial charge in [0, 0.05) is 18.8 Å². The second-order valence-electron chi connectivity index (χ2n) is 6.76. The monoisotopic (exact) mass is 457 g/mol. The summed E-state index contributed by atoms with van der Waals surface area (Å²) < 4.78 is 73.2. The van der Waals surface area contributed by atoms with Crippen molar-refractivity contribution in [1.29, 1.82) is 5.26 Å². The minimum absolute atomic E-state index is 0.0951. The molecule has 12 heteroatoms. The lowest BCUT2D eigenvalue weighted by Crippen LogP contribution is -2.35. The number of amides is 1. The SMILES string of the molecule is N#Cc1cc(NC(=O)c2ccc(S(=O)(=O)N3CCCCC3)o2)ccc1OCC(F)(F)F. The number of furan rings is 1. The van der Waals surface area contributed by atoms with Gasteiger partial charge < -0.3 is 14.5 Å². The summed E-state index contributed by atoms with van der Waals surface area (Å²) in [6, 6.07) is 7.59. The number of sulfonamides is 1. The number of benzene rings is 1. The van der Waals surface area contributed by atoms with Gasteiger partial charge in [0.2, 0.25) is 5.09 Å². The highest BCUT2D eigenvalue weighted by Gasteiger charge is 2.30. The van der Waals surface area contributed by atoms with Gasteiger partial charge in [0.25, 0.3) is 15.9 Å². The quantitative estimate of drug-likeness (QED) is 0.710. The molecule has 1 amide bonds. The van der Waals surface area contributed by atoms with Gasteiger partial charge in [-0.05, 0) is 43.2 Å². The fraction of sp³-hybridized carbons (Fsp3) is 0.368. The molecule has 1 N–H and O–H groups in total. The molecule has 1 saturated heterocycles. The number of hydrogen-bond donors (Lipinski definition) is 1. The van der Waals surface area contributed by atoms with Crippen molar-refractivity contribution in [2.75, 3.05) is 25.0 Å². The molecular weight excluding hydrogens is 439 g/mol.